The van der Waals surface area contributed by atoms with Crippen molar-refractivity contribution >= 4 is 34.2 Å². The van der Waals surface area contributed by atoms with Crippen LogP contribution >= 0.6 is 34.2 Å². The number of rotatable bonds is 2. The Morgan fingerprint density at radius 3 is 2.80 bits per heavy atom. The first-order chi connectivity index (χ1) is 7.20. The van der Waals surface area contributed by atoms with Crippen molar-refractivity contribution in [1.29, 1.82) is 0 Å². The van der Waals surface area contributed by atoms with Crippen molar-refractivity contribution in [3.8, 4) is 5.82 Å². The third-order valence-corrected chi connectivity index (χ3v) is 2.66. The molecule has 0 unspecified atom stereocenters. The highest BCUT2D eigenvalue weighted by molar-refractivity contribution is 14.1. The lowest BCUT2D eigenvalue weighted by molar-refractivity contribution is 0.281. The summed E-state index contributed by atoms with van der Waals surface area (Å²) in [5.41, 5.74) is 0.686. The van der Waals surface area contributed by atoms with Crippen LogP contribution < -0.4 is 0 Å². The van der Waals surface area contributed by atoms with E-state index in [4.69, 9.17) is 16.7 Å². The molecule has 0 spiro atoms. The van der Waals surface area contributed by atoms with E-state index in [1.807, 2.05) is 6.20 Å². The molecule has 2 rings (SSSR count). The summed E-state index contributed by atoms with van der Waals surface area (Å²) in [7, 11) is 0. The molecule has 1 N–H and O–H groups in total. The van der Waals surface area contributed by atoms with Gasteiger partial charge in [-0.25, -0.2) is 9.67 Å². The van der Waals surface area contributed by atoms with Crippen molar-refractivity contribution in [2.75, 3.05) is 0 Å². The zero-order chi connectivity index (χ0) is 10.8. The number of aliphatic hydroxyl groups is 1. The van der Waals surface area contributed by atoms with Crippen LogP contribution in [0.25, 0.3) is 5.82 Å². The average molecular weight is 336 g/mol. The highest BCUT2D eigenvalue weighted by atomic mass is 127. The highest BCUT2D eigenvalue weighted by Gasteiger charge is 2.06. The minimum absolute atomic E-state index is 0.0658. The SMILES string of the molecule is OCc1cnc(-n2cc(I)cn2)c(Cl)c1. The van der Waals surface area contributed by atoms with Gasteiger partial charge in [0.1, 0.15) is 0 Å². The quantitative estimate of drug-likeness (QED) is 0.854. The van der Waals surface area contributed by atoms with Gasteiger partial charge in [-0.15, -0.1) is 0 Å². The second kappa shape index (κ2) is 4.46. The molecule has 78 valence electrons. The van der Waals surface area contributed by atoms with Gasteiger partial charge in [-0.2, -0.15) is 5.10 Å². The summed E-state index contributed by atoms with van der Waals surface area (Å²) in [6.07, 6.45) is 5.13. The van der Waals surface area contributed by atoms with Crippen LogP contribution in [0.15, 0.2) is 24.7 Å². The molecule has 0 aromatic carbocycles. The molecule has 2 aromatic heterocycles. The largest absolute Gasteiger partial charge is 0.392 e. The predicted molar refractivity (Wildman–Crippen MR) is 65.0 cm³/mol. The Morgan fingerprint density at radius 2 is 2.27 bits per heavy atom. The van der Waals surface area contributed by atoms with Gasteiger partial charge < -0.3 is 5.11 Å². The smallest absolute Gasteiger partial charge is 0.172 e. The molecule has 0 saturated heterocycles. The van der Waals surface area contributed by atoms with Gasteiger partial charge >= 0.3 is 0 Å². The van der Waals surface area contributed by atoms with Crippen molar-refractivity contribution in [2.45, 2.75) is 6.61 Å². The fourth-order valence-electron chi connectivity index (χ4n) is 1.14. The van der Waals surface area contributed by atoms with Crippen molar-refractivity contribution in [2.24, 2.45) is 0 Å². The number of aliphatic hydroxyl groups excluding tert-OH is 1. The standard InChI is InChI=1S/C9H7ClIN3O/c10-8-1-6(5-15)2-12-9(8)14-4-7(11)3-13-14/h1-4,15H,5H2. The van der Waals surface area contributed by atoms with Crippen LogP contribution in [-0.4, -0.2) is 19.9 Å². The lowest BCUT2D eigenvalue weighted by Crippen LogP contribution is -2.00. The Morgan fingerprint density at radius 1 is 1.47 bits per heavy atom. The molecule has 0 bridgehead atoms. The van der Waals surface area contributed by atoms with Crippen LogP contribution in [0.2, 0.25) is 5.02 Å². The number of nitrogens with zero attached hydrogens (tertiary/aromatic N) is 3. The van der Waals surface area contributed by atoms with Crippen LogP contribution in [0.5, 0.6) is 0 Å². The van der Waals surface area contributed by atoms with Crippen LogP contribution in [-0.2, 0) is 6.61 Å². The van der Waals surface area contributed by atoms with E-state index in [9.17, 15) is 0 Å². The molecule has 0 aliphatic heterocycles. The number of hydrogen-bond acceptors (Lipinski definition) is 3. The Hall–Kier alpha value is -0.660. The van der Waals surface area contributed by atoms with Gasteiger partial charge in [-0.05, 0) is 34.2 Å². The maximum absolute atomic E-state index is 8.91. The predicted octanol–water partition coefficient (Wildman–Crippen LogP) is 2.02. The fraction of sp³-hybridized carbons (Fsp3) is 0.111. The van der Waals surface area contributed by atoms with Crippen molar-refractivity contribution in [3.63, 3.8) is 0 Å². The van der Waals surface area contributed by atoms with Crippen molar-refractivity contribution in [1.82, 2.24) is 14.8 Å². The monoisotopic (exact) mass is 335 g/mol. The summed E-state index contributed by atoms with van der Waals surface area (Å²) in [6.45, 7) is -0.0658. The van der Waals surface area contributed by atoms with Crippen LogP contribution in [0.3, 0.4) is 0 Å². The van der Waals surface area contributed by atoms with Crippen LogP contribution in [0.4, 0.5) is 0 Å². The Kier molecular flexibility index (Phi) is 3.22. The summed E-state index contributed by atoms with van der Waals surface area (Å²) in [5.74, 6) is 0.566. The van der Waals surface area contributed by atoms with E-state index in [0.29, 0.717) is 16.4 Å². The van der Waals surface area contributed by atoms with E-state index in [1.165, 1.54) is 0 Å². The lowest BCUT2D eigenvalue weighted by Gasteiger charge is -2.04. The Labute approximate surface area is 105 Å². The maximum Gasteiger partial charge on any atom is 0.172 e. The van der Waals surface area contributed by atoms with E-state index >= 15 is 0 Å². The summed E-state index contributed by atoms with van der Waals surface area (Å²) in [6, 6.07) is 1.68. The average Bonchev–Trinajstić information content (AvgIpc) is 2.64. The maximum atomic E-state index is 8.91. The summed E-state index contributed by atoms with van der Waals surface area (Å²) in [5, 5.41) is 13.5. The summed E-state index contributed by atoms with van der Waals surface area (Å²) >= 11 is 8.17. The van der Waals surface area contributed by atoms with Gasteiger partial charge in [0.2, 0.25) is 0 Å². The van der Waals surface area contributed by atoms with Gasteiger partial charge in [0.05, 0.1) is 21.4 Å². The Balaban J connectivity index is 2.45. The molecule has 0 fully saturated rings. The van der Waals surface area contributed by atoms with E-state index in [1.54, 1.807) is 23.1 Å². The lowest BCUT2D eigenvalue weighted by atomic mass is 10.3. The number of aromatic nitrogens is 3. The topological polar surface area (TPSA) is 50.9 Å². The Bertz CT molecular complexity index is 486. The fourth-order valence-corrected chi connectivity index (χ4v) is 1.81. The molecule has 2 aromatic rings. The first kappa shape index (κ1) is 10.8. The zero-order valence-corrected chi connectivity index (χ0v) is 10.5. The molecular weight excluding hydrogens is 328 g/mol. The third kappa shape index (κ3) is 2.30. The minimum atomic E-state index is -0.0658. The molecule has 0 amide bonds. The van der Waals surface area contributed by atoms with Crippen LogP contribution in [0, 0.1) is 3.57 Å². The second-order valence-electron chi connectivity index (χ2n) is 2.91. The summed E-state index contributed by atoms with van der Waals surface area (Å²) in [4.78, 5) is 4.14. The molecule has 6 heteroatoms. The van der Waals surface area contributed by atoms with Gasteiger partial charge in [-0.1, -0.05) is 11.6 Å². The van der Waals surface area contributed by atoms with Crippen molar-refractivity contribution < 1.29 is 5.11 Å². The molecule has 4 nitrogen and oxygen atoms in total. The normalized spacial score (nSPS) is 10.6. The molecule has 2 heterocycles. The first-order valence-corrected chi connectivity index (χ1v) is 5.62. The van der Waals surface area contributed by atoms with E-state index in [2.05, 4.69) is 32.7 Å². The molecule has 0 radical (unpaired) electrons. The summed E-state index contributed by atoms with van der Waals surface area (Å²) < 4.78 is 2.61. The van der Waals surface area contributed by atoms with E-state index in [-0.39, 0.29) is 6.61 Å². The van der Waals surface area contributed by atoms with Crippen molar-refractivity contribution in [3.05, 3.63) is 38.8 Å². The minimum Gasteiger partial charge on any atom is -0.392 e. The first-order valence-electron chi connectivity index (χ1n) is 4.16. The van der Waals surface area contributed by atoms with Gasteiger partial charge in [0, 0.05) is 12.4 Å². The number of hydrogen-bond donors (Lipinski definition) is 1. The number of halogens is 2. The molecule has 0 aliphatic carbocycles. The van der Waals surface area contributed by atoms with Gasteiger partial charge in [-0.3, -0.25) is 0 Å². The van der Waals surface area contributed by atoms with E-state index < -0.39 is 0 Å². The number of pyridine rings is 1. The van der Waals surface area contributed by atoms with E-state index in [0.717, 1.165) is 3.57 Å². The molecule has 0 saturated carbocycles. The van der Waals surface area contributed by atoms with Gasteiger partial charge in [0.25, 0.3) is 0 Å². The third-order valence-electron chi connectivity index (χ3n) is 1.83. The molecular formula is C9H7ClIN3O. The highest BCUT2D eigenvalue weighted by Crippen LogP contribution is 2.19. The molecule has 15 heavy (non-hydrogen) atoms. The van der Waals surface area contributed by atoms with Crippen LogP contribution in [0.1, 0.15) is 5.56 Å². The molecule has 0 atom stereocenters. The zero-order valence-electron chi connectivity index (χ0n) is 7.56. The second-order valence-corrected chi connectivity index (χ2v) is 4.56. The molecule has 0 aliphatic rings. The van der Waals surface area contributed by atoms with Gasteiger partial charge in [0.15, 0.2) is 5.82 Å².